The zero-order chi connectivity index (χ0) is 19.1. The van der Waals surface area contributed by atoms with Crippen molar-refractivity contribution in [3.05, 3.63) is 76.6 Å². The van der Waals surface area contributed by atoms with Crippen molar-refractivity contribution in [2.24, 2.45) is 0 Å². The molecule has 1 aliphatic rings. The molecule has 4 nitrogen and oxygen atoms in total. The van der Waals surface area contributed by atoms with Gasteiger partial charge in [0, 0.05) is 34.4 Å². The lowest BCUT2D eigenvalue weighted by Crippen LogP contribution is -2.40. The van der Waals surface area contributed by atoms with E-state index in [0.29, 0.717) is 6.54 Å². The van der Waals surface area contributed by atoms with Gasteiger partial charge in [-0.3, -0.25) is 0 Å². The van der Waals surface area contributed by atoms with E-state index in [9.17, 15) is 0 Å². The molecule has 1 atom stereocenters. The summed E-state index contributed by atoms with van der Waals surface area (Å²) in [6.07, 6.45) is 0. The van der Waals surface area contributed by atoms with Crippen LogP contribution in [0.5, 0.6) is 0 Å². The van der Waals surface area contributed by atoms with Crippen molar-refractivity contribution in [3.63, 3.8) is 0 Å². The number of rotatable bonds is 3. The van der Waals surface area contributed by atoms with E-state index < -0.39 is 0 Å². The highest BCUT2D eigenvalue weighted by Gasteiger charge is 2.28. The fourth-order valence-corrected chi connectivity index (χ4v) is 3.84. The van der Waals surface area contributed by atoms with E-state index in [1.54, 1.807) is 0 Å². The summed E-state index contributed by atoms with van der Waals surface area (Å²) in [5.74, 6) is 1.89. The second-order valence-corrected chi connectivity index (χ2v) is 7.66. The SMILES string of the molecule is C=C(c1cccc(Cl)c1C)N1Cc2nnc(-c3ccc(C)cc3)n2C[C@@H]1C. The van der Waals surface area contributed by atoms with Crippen LogP contribution in [0.4, 0.5) is 0 Å². The van der Waals surface area contributed by atoms with E-state index in [2.05, 4.69) is 70.4 Å². The Kier molecular flexibility index (Phi) is 4.52. The molecule has 0 saturated carbocycles. The monoisotopic (exact) mass is 378 g/mol. The van der Waals surface area contributed by atoms with Crippen LogP contribution in [0.1, 0.15) is 29.4 Å². The molecule has 0 N–H and O–H groups in total. The van der Waals surface area contributed by atoms with Crippen molar-refractivity contribution in [1.82, 2.24) is 19.7 Å². The van der Waals surface area contributed by atoms with Crippen molar-refractivity contribution < 1.29 is 0 Å². The van der Waals surface area contributed by atoms with Crippen LogP contribution < -0.4 is 0 Å². The molecule has 2 heterocycles. The Morgan fingerprint density at radius 2 is 1.85 bits per heavy atom. The molecule has 0 unspecified atom stereocenters. The lowest BCUT2D eigenvalue weighted by molar-refractivity contribution is 0.232. The normalized spacial score (nSPS) is 16.3. The van der Waals surface area contributed by atoms with E-state index in [-0.39, 0.29) is 6.04 Å². The summed E-state index contributed by atoms with van der Waals surface area (Å²) in [4.78, 5) is 2.29. The van der Waals surface area contributed by atoms with Gasteiger partial charge in [0.05, 0.1) is 6.54 Å². The Morgan fingerprint density at radius 1 is 1.11 bits per heavy atom. The molecule has 4 rings (SSSR count). The van der Waals surface area contributed by atoms with Gasteiger partial charge in [-0.1, -0.05) is 60.1 Å². The molecule has 3 aromatic rings. The minimum absolute atomic E-state index is 0.281. The van der Waals surface area contributed by atoms with E-state index >= 15 is 0 Å². The molecule has 1 aliphatic heterocycles. The first-order chi connectivity index (χ1) is 13.0. The fourth-order valence-electron chi connectivity index (χ4n) is 3.67. The van der Waals surface area contributed by atoms with Gasteiger partial charge >= 0.3 is 0 Å². The van der Waals surface area contributed by atoms with Gasteiger partial charge in [-0.2, -0.15) is 0 Å². The molecule has 0 spiro atoms. The molecule has 0 amide bonds. The summed E-state index contributed by atoms with van der Waals surface area (Å²) in [5.41, 5.74) is 5.47. The van der Waals surface area contributed by atoms with Gasteiger partial charge in [0.15, 0.2) is 11.6 Å². The van der Waals surface area contributed by atoms with Crippen LogP contribution in [0.3, 0.4) is 0 Å². The van der Waals surface area contributed by atoms with Crippen molar-refractivity contribution >= 4 is 17.3 Å². The van der Waals surface area contributed by atoms with Crippen LogP contribution in [0.15, 0.2) is 49.0 Å². The summed E-state index contributed by atoms with van der Waals surface area (Å²) in [7, 11) is 0. The Bertz CT molecular complexity index is 1000. The standard InChI is InChI=1S/C22H23ClN4/c1-14-8-10-18(11-9-14)22-25-24-21-13-26(15(2)12-27(21)22)17(4)19-6-5-7-20(23)16(19)3/h5-11,15H,4,12-13H2,1-3H3/t15-/m0/s1. The van der Waals surface area contributed by atoms with Gasteiger partial charge in [-0.05, 0) is 32.4 Å². The quantitative estimate of drug-likeness (QED) is 0.636. The number of benzene rings is 2. The molecule has 0 aliphatic carbocycles. The molecule has 138 valence electrons. The van der Waals surface area contributed by atoms with Crippen LogP contribution in [-0.4, -0.2) is 25.7 Å². The number of nitrogens with zero attached hydrogens (tertiary/aromatic N) is 4. The zero-order valence-electron chi connectivity index (χ0n) is 15.9. The molecule has 0 fully saturated rings. The van der Waals surface area contributed by atoms with Crippen LogP contribution >= 0.6 is 11.6 Å². The highest BCUT2D eigenvalue weighted by molar-refractivity contribution is 6.31. The molecular weight excluding hydrogens is 356 g/mol. The van der Waals surface area contributed by atoms with E-state index in [1.165, 1.54) is 5.56 Å². The van der Waals surface area contributed by atoms with Crippen LogP contribution in [0.25, 0.3) is 17.1 Å². The molecular formula is C22H23ClN4. The van der Waals surface area contributed by atoms with Gasteiger partial charge in [0.25, 0.3) is 0 Å². The summed E-state index contributed by atoms with van der Waals surface area (Å²) >= 11 is 6.31. The highest BCUT2D eigenvalue weighted by atomic mass is 35.5. The first-order valence-electron chi connectivity index (χ1n) is 9.16. The van der Waals surface area contributed by atoms with Gasteiger partial charge in [0.2, 0.25) is 0 Å². The largest absolute Gasteiger partial charge is 0.359 e. The summed E-state index contributed by atoms with van der Waals surface area (Å²) in [6.45, 7) is 12.2. The maximum atomic E-state index is 6.31. The van der Waals surface area contributed by atoms with Crippen LogP contribution in [-0.2, 0) is 13.1 Å². The third kappa shape index (κ3) is 3.15. The van der Waals surface area contributed by atoms with Crippen LogP contribution in [0.2, 0.25) is 5.02 Å². The van der Waals surface area contributed by atoms with Crippen molar-refractivity contribution in [3.8, 4) is 11.4 Å². The number of hydrogen-bond acceptors (Lipinski definition) is 3. The average molecular weight is 379 g/mol. The van der Waals surface area contributed by atoms with Crippen LogP contribution in [0, 0.1) is 13.8 Å². The number of aromatic nitrogens is 3. The van der Waals surface area contributed by atoms with E-state index in [0.717, 1.165) is 45.6 Å². The van der Waals surface area contributed by atoms with Crippen molar-refractivity contribution in [1.29, 1.82) is 0 Å². The van der Waals surface area contributed by atoms with Crippen molar-refractivity contribution in [2.45, 2.75) is 39.9 Å². The third-order valence-electron chi connectivity index (χ3n) is 5.35. The Hall–Kier alpha value is -2.59. The lowest BCUT2D eigenvalue weighted by Gasteiger charge is -2.37. The Labute approximate surface area is 165 Å². The molecule has 2 aromatic carbocycles. The summed E-state index contributed by atoms with van der Waals surface area (Å²) in [5, 5.41) is 9.69. The second-order valence-electron chi connectivity index (χ2n) is 7.25. The topological polar surface area (TPSA) is 34.0 Å². The zero-order valence-corrected chi connectivity index (χ0v) is 16.7. The van der Waals surface area contributed by atoms with Crippen molar-refractivity contribution in [2.75, 3.05) is 0 Å². The highest BCUT2D eigenvalue weighted by Crippen LogP contribution is 2.32. The fraction of sp³-hybridized carbons (Fsp3) is 0.273. The van der Waals surface area contributed by atoms with E-state index in [4.69, 9.17) is 11.6 Å². The Balaban J connectivity index is 1.65. The first kappa shape index (κ1) is 17.8. The smallest absolute Gasteiger partial charge is 0.164 e. The van der Waals surface area contributed by atoms with Gasteiger partial charge in [-0.25, -0.2) is 0 Å². The predicted octanol–water partition coefficient (Wildman–Crippen LogP) is 5.09. The minimum Gasteiger partial charge on any atom is -0.359 e. The maximum Gasteiger partial charge on any atom is 0.164 e. The predicted molar refractivity (Wildman–Crippen MR) is 110 cm³/mol. The average Bonchev–Trinajstić information content (AvgIpc) is 3.06. The molecule has 5 heteroatoms. The second kappa shape index (κ2) is 6.86. The van der Waals surface area contributed by atoms with E-state index in [1.807, 2.05) is 19.1 Å². The van der Waals surface area contributed by atoms with Gasteiger partial charge in [0.1, 0.15) is 0 Å². The summed E-state index contributed by atoms with van der Waals surface area (Å²) < 4.78 is 2.23. The molecule has 27 heavy (non-hydrogen) atoms. The minimum atomic E-state index is 0.281. The molecule has 1 aromatic heterocycles. The number of halogens is 1. The number of hydrogen-bond donors (Lipinski definition) is 0. The Morgan fingerprint density at radius 3 is 2.59 bits per heavy atom. The number of aryl methyl sites for hydroxylation is 1. The van der Waals surface area contributed by atoms with Gasteiger partial charge < -0.3 is 9.47 Å². The maximum absolute atomic E-state index is 6.31. The molecule has 0 radical (unpaired) electrons. The first-order valence-corrected chi connectivity index (χ1v) is 9.53. The van der Waals surface area contributed by atoms with Gasteiger partial charge in [-0.15, -0.1) is 10.2 Å². The third-order valence-corrected chi connectivity index (χ3v) is 5.76. The lowest BCUT2D eigenvalue weighted by atomic mass is 10.0. The number of fused-ring (bicyclic) bond motifs is 1. The molecule has 0 bridgehead atoms. The summed E-state index contributed by atoms with van der Waals surface area (Å²) in [6, 6.07) is 14.7. The molecule has 0 saturated heterocycles.